The molecular weight excluding hydrogens is 164 g/mol. The highest BCUT2D eigenvalue weighted by Gasteiger charge is 2.26. The van der Waals surface area contributed by atoms with Crippen molar-refractivity contribution >= 4 is 0 Å². The number of nitrogens with one attached hydrogen (secondary N) is 1. The number of hydrazine groups is 1. The molecule has 3 N–H and O–H groups in total. The van der Waals surface area contributed by atoms with Crippen LogP contribution in [0, 0.1) is 5.41 Å². The Bertz CT molecular complexity index is 126. The molecule has 3 nitrogen and oxygen atoms in total. The van der Waals surface area contributed by atoms with E-state index in [0.717, 1.165) is 19.4 Å². The maximum atomic E-state index is 5.49. The minimum Gasteiger partial charge on any atom is -0.380 e. The summed E-state index contributed by atoms with van der Waals surface area (Å²) in [4.78, 5) is 0. The molecule has 0 radical (unpaired) electrons. The Morgan fingerprint density at radius 2 is 2.00 bits per heavy atom. The molecule has 0 aromatic heterocycles. The van der Waals surface area contributed by atoms with E-state index >= 15 is 0 Å². The van der Waals surface area contributed by atoms with Crippen LogP contribution >= 0.6 is 0 Å². The lowest BCUT2D eigenvalue weighted by atomic mass is 9.82. The van der Waals surface area contributed by atoms with Crippen LogP contribution in [0.1, 0.15) is 40.5 Å². The largest absolute Gasteiger partial charge is 0.380 e. The molecule has 3 heteroatoms. The predicted octanol–water partition coefficient (Wildman–Crippen LogP) is 1.68. The van der Waals surface area contributed by atoms with Crippen molar-refractivity contribution in [3.05, 3.63) is 0 Å². The second-order valence-corrected chi connectivity index (χ2v) is 4.14. The predicted molar refractivity (Wildman–Crippen MR) is 56.3 cm³/mol. The van der Waals surface area contributed by atoms with Crippen LogP contribution in [0.4, 0.5) is 0 Å². The summed E-state index contributed by atoms with van der Waals surface area (Å²) >= 11 is 0. The van der Waals surface area contributed by atoms with Gasteiger partial charge in [-0.05, 0) is 18.3 Å². The Morgan fingerprint density at radius 1 is 1.38 bits per heavy atom. The van der Waals surface area contributed by atoms with Crippen LogP contribution in [0.5, 0.6) is 0 Å². The van der Waals surface area contributed by atoms with E-state index in [1.54, 1.807) is 0 Å². The van der Waals surface area contributed by atoms with Gasteiger partial charge in [-0.25, -0.2) is 0 Å². The third-order valence-electron chi connectivity index (χ3n) is 2.69. The summed E-state index contributed by atoms with van der Waals surface area (Å²) in [5.41, 5.74) is 3.02. The summed E-state index contributed by atoms with van der Waals surface area (Å²) in [7, 11) is 0. The molecule has 13 heavy (non-hydrogen) atoms. The van der Waals surface area contributed by atoms with Crippen molar-refractivity contribution in [2.45, 2.75) is 46.6 Å². The lowest BCUT2D eigenvalue weighted by Gasteiger charge is -2.32. The van der Waals surface area contributed by atoms with Gasteiger partial charge in [0.2, 0.25) is 0 Å². The number of ether oxygens (including phenoxy) is 1. The topological polar surface area (TPSA) is 47.3 Å². The first-order valence-electron chi connectivity index (χ1n) is 5.12. The molecule has 0 fully saturated rings. The van der Waals surface area contributed by atoms with Gasteiger partial charge in [-0.1, -0.05) is 27.7 Å². The summed E-state index contributed by atoms with van der Waals surface area (Å²) < 4.78 is 5.48. The van der Waals surface area contributed by atoms with Crippen molar-refractivity contribution in [3.63, 3.8) is 0 Å². The summed E-state index contributed by atoms with van der Waals surface area (Å²) in [6.07, 6.45) is 2.15. The lowest BCUT2D eigenvalue weighted by Crippen LogP contribution is -2.48. The highest BCUT2D eigenvalue weighted by Crippen LogP contribution is 2.24. The first-order valence-corrected chi connectivity index (χ1v) is 5.12. The number of nitrogens with two attached hydrogens (primary N) is 1. The first kappa shape index (κ1) is 12.9. The molecular formula is C10H24N2O. The van der Waals surface area contributed by atoms with E-state index in [1.807, 2.05) is 0 Å². The molecule has 0 aromatic rings. The van der Waals surface area contributed by atoms with Crippen molar-refractivity contribution in [1.29, 1.82) is 0 Å². The van der Waals surface area contributed by atoms with Gasteiger partial charge in [-0.15, -0.1) is 0 Å². The normalized spacial score (nSPS) is 14.5. The summed E-state index contributed by atoms with van der Waals surface area (Å²) in [6.45, 7) is 10.2. The highest BCUT2D eigenvalue weighted by atomic mass is 16.5. The standard InChI is InChI=1S/C10H24N2O/c1-5-7-13-8-9(12-11)10(3,4)6-2/h9,12H,5-8,11H2,1-4H3. The van der Waals surface area contributed by atoms with Gasteiger partial charge in [0.1, 0.15) is 0 Å². The molecule has 0 aliphatic rings. The Balaban J connectivity index is 3.87. The molecule has 1 unspecified atom stereocenters. The molecule has 0 aliphatic carbocycles. The Labute approximate surface area is 82.0 Å². The monoisotopic (exact) mass is 188 g/mol. The van der Waals surface area contributed by atoms with E-state index in [1.165, 1.54) is 0 Å². The fraction of sp³-hybridized carbons (Fsp3) is 1.00. The van der Waals surface area contributed by atoms with E-state index in [-0.39, 0.29) is 11.5 Å². The van der Waals surface area contributed by atoms with Crippen LogP contribution in [0.25, 0.3) is 0 Å². The van der Waals surface area contributed by atoms with E-state index in [9.17, 15) is 0 Å². The fourth-order valence-electron chi connectivity index (χ4n) is 1.09. The molecule has 0 saturated heterocycles. The maximum Gasteiger partial charge on any atom is 0.0638 e. The van der Waals surface area contributed by atoms with Crippen molar-refractivity contribution in [2.24, 2.45) is 11.3 Å². The van der Waals surface area contributed by atoms with Crippen LogP contribution in [0.15, 0.2) is 0 Å². The van der Waals surface area contributed by atoms with E-state index in [0.29, 0.717) is 6.61 Å². The van der Waals surface area contributed by atoms with E-state index in [4.69, 9.17) is 10.6 Å². The van der Waals surface area contributed by atoms with Gasteiger partial charge in [-0.3, -0.25) is 11.3 Å². The van der Waals surface area contributed by atoms with Crippen molar-refractivity contribution in [2.75, 3.05) is 13.2 Å². The summed E-state index contributed by atoms with van der Waals surface area (Å²) in [5, 5.41) is 0. The second kappa shape index (κ2) is 6.35. The summed E-state index contributed by atoms with van der Waals surface area (Å²) in [5.74, 6) is 5.49. The van der Waals surface area contributed by atoms with Gasteiger partial charge >= 0.3 is 0 Å². The van der Waals surface area contributed by atoms with Crippen molar-refractivity contribution < 1.29 is 4.74 Å². The molecule has 1 atom stereocenters. The molecule has 0 aliphatic heterocycles. The van der Waals surface area contributed by atoms with Crippen molar-refractivity contribution in [1.82, 2.24) is 5.43 Å². The van der Waals surface area contributed by atoms with Gasteiger partial charge < -0.3 is 4.74 Å². The molecule has 80 valence electrons. The molecule has 0 bridgehead atoms. The van der Waals surface area contributed by atoms with Gasteiger partial charge in [-0.2, -0.15) is 0 Å². The Kier molecular flexibility index (Phi) is 6.29. The first-order chi connectivity index (χ1) is 6.08. The third-order valence-corrected chi connectivity index (χ3v) is 2.69. The SMILES string of the molecule is CCCOCC(NN)C(C)(C)CC. The summed E-state index contributed by atoms with van der Waals surface area (Å²) in [6, 6.07) is 0.240. The van der Waals surface area contributed by atoms with Crippen molar-refractivity contribution in [3.8, 4) is 0 Å². The minimum atomic E-state index is 0.197. The zero-order valence-electron chi connectivity index (χ0n) is 9.39. The molecule has 0 aromatic carbocycles. The van der Waals surface area contributed by atoms with Crippen LogP contribution in [0.3, 0.4) is 0 Å². The third kappa shape index (κ3) is 4.60. The zero-order valence-corrected chi connectivity index (χ0v) is 9.39. The molecule has 0 heterocycles. The van der Waals surface area contributed by atoms with E-state index in [2.05, 4.69) is 33.1 Å². The van der Waals surface area contributed by atoms with Crippen LogP contribution in [0.2, 0.25) is 0 Å². The minimum absolute atomic E-state index is 0.197. The maximum absolute atomic E-state index is 5.49. The highest BCUT2D eigenvalue weighted by molar-refractivity contribution is 4.81. The molecule has 0 rings (SSSR count). The molecule has 0 amide bonds. The molecule has 0 spiro atoms. The zero-order chi connectivity index (χ0) is 10.3. The quantitative estimate of drug-likeness (QED) is 0.363. The van der Waals surface area contributed by atoms with Crippen LogP contribution in [-0.2, 0) is 4.74 Å². The lowest BCUT2D eigenvalue weighted by molar-refractivity contribution is 0.0684. The van der Waals surface area contributed by atoms with Gasteiger partial charge in [0, 0.05) is 12.6 Å². The Hall–Kier alpha value is -0.120. The number of hydrogen-bond donors (Lipinski definition) is 2. The fourth-order valence-corrected chi connectivity index (χ4v) is 1.09. The van der Waals surface area contributed by atoms with Crippen LogP contribution in [-0.4, -0.2) is 19.3 Å². The second-order valence-electron chi connectivity index (χ2n) is 4.14. The number of hydrogen-bond acceptors (Lipinski definition) is 3. The Morgan fingerprint density at radius 3 is 2.38 bits per heavy atom. The van der Waals surface area contributed by atoms with Gasteiger partial charge in [0.25, 0.3) is 0 Å². The van der Waals surface area contributed by atoms with Gasteiger partial charge in [0.15, 0.2) is 0 Å². The average molecular weight is 188 g/mol. The van der Waals surface area contributed by atoms with E-state index < -0.39 is 0 Å². The average Bonchev–Trinajstić information content (AvgIpc) is 2.12. The smallest absolute Gasteiger partial charge is 0.0638 e. The van der Waals surface area contributed by atoms with Gasteiger partial charge in [0.05, 0.1) is 6.61 Å². The number of rotatable bonds is 7. The molecule has 0 saturated carbocycles. The van der Waals surface area contributed by atoms with Crippen LogP contribution < -0.4 is 11.3 Å².